The van der Waals surface area contributed by atoms with Crippen molar-refractivity contribution in [2.75, 3.05) is 26.2 Å². The molecule has 0 unspecified atom stereocenters. The van der Waals surface area contributed by atoms with E-state index < -0.39 is 5.97 Å². The molecule has 0 bridgehead atoms. The first-order valence-corrected chi connectivity index (χ1v) is 6.67. The molecule has 1 saturated heterocycles. The van der Waals surface area contributed by atoms with Crippen molar-refractivity contribution in [3.8, 4) is 0 Å². The number of carbonyl (C=O) groups excluding carboxylic acids is 1. The molecular formula is C12H21N3O3. The summed E-state index contributed by atoms with van der Waals surface area (Å²) in [5, 5.41) is 10.7. The lowest BCUT2D eigenvalue weighted by atomic mass is 10.2. The number of urea groups is 1. The average Bonchev–Trinajstić information content (AvgIpc) is 3.13. The molecule has 0 atom stereocenters. The van der Waals surface area contributed by atoms with E-state index in [1.54, 1.807) is 0 Å². The Morgan fingerprint density at radius 3 is 2.44 bits per heavy atom. The SMILES string of the molecule is O=C(O)CN(CC1CC1)C(=O)NN1CCCCC1. The minimum Gasteiger partial charge on any atom is -0.480 e. The lowest BCUT2D eigenvalue weighted by molar-refractivity contribution is -0.137. The molecular weight excluding hydrogens is 234 g/mol. The van der Waals surface area contributed by atoms with E-state index in [4.69, 9.17) is 5.11 Å². The van der Waals surface area contributed by atoms with Gasteiger partial charge < -0.3 is 10.0 Å². The monoisotopic (exact) mass is 255 g/mol. The Morgan fingerprint density at radius 1 is 1.22 bits per heavy atom. The molecule has 2 fully saturated rings. The number of rotatable bonds is 5. The summed E-state index contributed by atoms with van der Waals surface area (Å²) in [6, 6.07) is -0.272. The summed E-state index contributed by atoms with van der Waals surface area (Å²) < 4.78 is 0. The number of carboxylic acid groups (broad SMARTS) is 1. The number of hydrogen-bond donors (Lipinski definition) is 2. The van der Waals surface area contributed by atoms with Crippen molar-refractivity contribution in [1.29, 1.82) is 0 Å². The molecule has 0 radical (unpaired) electrons. The number of piperidine rings is 1. The average molecular weight is 255 g/mol. The Bertz CT molecular complexity index is 312. The molecule has 1 heterocycles. The third-order valence-electron chi connectivity index (χ3n) is 3.40. The van der Waals surface area contributed by atoms with Gasteiger partial charge in [-0.2, -0.15) is 0 Å². The number of nitrogens with one attached hydrogen (secondary N) is 1. The Labute approximate surface area is 107 Å². The summed E-state index contributed by atoms with van der Waals surface area (Å²) in [6.07, 6.45) is 5.58. The van der Waals surface area contributed by atoms with Crippen molar-refractivity contribution in [2.45, 2.75) is 32.1 Å². The Balaban J connectivity index is 1.82. The summed E-state index contributed by atoms with van der Waals surface area (Å²) in [7, 11) is 0. The molecule has 1 aliphatic heterocycles. The first kappa shape index (κ1) is 13.1. The van der Waals surface area contributed by atoms with E-state index in [1.165, 1.54) is 11.3 Å². The van der Waals surface area contributed by atoms with Crippen LogP contribution in [0.15, 0.2) is 0 Å². The highest BCUT2D eigenvalue weighted by Gasteiger charge is 2.28. The largest absolute Gasteiger partial charge is 0.480 e. The van der Waals surface area contributed by atoms with Gasteiger partial charge in [0.05, 0.1) is 0 Å². The molecule has 6 heteroatoms. The highest BCUT2D eigenvalue weighted by atomic mass is 16.4. The van der Waals surface area contributed by atoms with E-state index in [0.29, 0.717) is 12.5 Å². The number of hydrazine groups is 1. The predicted octanol–water partition coefficient (Wildman–Crippen LogP) is 0.893. The van der Waals surface area contributed by atoms with Gasteiger partial charge in [0.1, 0.15) is 6.54 Å². The van der Waals surface area contributed by atoms with Gasteiger partial charge >= 0.3 is 12.0 Å². The normalized spacial score (nSPS) is 20.4. The smallest absolute Gasteiger partial charge is 0.332 e. The quantitative estimate of drug-likeness (QED) is 0.765. The second-order valence-corrected chi connectivity index (χ2v) is 5.18. The van der Waals surface area contributed by atoms with Crippen molar-refractivity contribution in [3.63, 3.8) is 0 Å². The molecule has 2 N–H and O–H groups in total. The maximum Gasteiger partial charge on any atom is 0.332 e. The highest BCUT2D eigenvalue weighted by molar-refractivity contribution is 5.79. The highest BCUT2D eigenvalue weighted by Crippen LogP contribution is 2.29. The van der Waals surface area contributed by atoms with Crippen molar-refractivity contribution in [2.24, 2.45) is 5.92 Å². The first-order chi connectivity index (χ1) is 8.65. The molecule has 102 valence electrons. The minimum atomic E-state index is -0.954. The minimum absolute atomic E-state index is 0.212. The van der Waals surface area contributed by atoms with E-state index in [-0.39, 0.29) is 12.6 Å². The molecule has 2 rings (SSSR count). The maximum absolute atomic E-state index is 12.0. The number of hydrogen-bond acceptors (Lipinski definition) is 3. The number of nitrogens with zero attached hydrogens (tertiary/aromatic N) is 2. The Kier molecular flexibility index (Phi) is 4.41. The number of carbonyl (C=O) groups is 2. The van der Waals surface area contributed by atoms with Gasteiger partial charge in [0.25, 0.3) is 0 Å². The fourth-order valence-electron chi connectivity index (χ4n) is 2.21. The van der Waals surface area contributed by atoms with Crippen molar-refractivity contribution >= 4 is 12.0 Å². The topological polar surface area (TPSA) is 72.9 Å². The fourth-order valence-corrected chi connectivity index (χ4v) is 2.21. The number of amides is 2. The zero-order valence-corrected chi connectivity index (χ0v) is 10.6. The van der Waals surface area contributed by atoms with Gasteiger partial charge in [-0.3, -0.25) is 10.2 Å². The molecule has 2 amide bonds. The molecule has 0 spiro atoms. The van der Waals surface area contributed by atoms with Gasteiger partial charge in [-0.1, -0.05) is 6.42 Å². The molecule has 1 aliphatic carbocycles. The van der Waals surface area contributed by atoms with Crippen LogP contribution in [0.2, 0.25) is 0 Å². The van der Waals surface area contributed by atoms with E-state index >= 15 is 0 Å². The zero-order chi connectivity index (χ0) is 13.0. The van der Waals surface area contributed by atoms with Crippen LogP contribution in [0.5, 0.6) is 0 Å². The van der Waals surface area contributed by atoms with Crippen LogP contribution >= 0.6 is 0 Å². The van der Waals surface area contributed by atoms with Gasteiger partial charge in [-0.15, -0.1) is 0 Å². The standard InChI is InChI=1S/C12H21N3O3/c16-11(17)9-14(8-10-4-5-10)12(18)13-15-6-2-1-3-7-15/h10H,1-9H2,(H,13,18)(H,16,17). The number of carboxylic acids is 1. The van der Waals surface area contributed by atoms with Gasteiger partial charge in [0, 0.05) is 19.6 Å². The molecule has 2 aliphatic rings. The van der Waals surface area contributed by atoms with Crippen LogP contribution in [-0.4, -0.2) is 53.2 Å². The predicted molar refractivity (Wildman–Crippen MR) is 65.9 cm³/mol. The van der Waals surface area contributed by atoms with Crippen molar-refractivity contribution in [3.05, 3.63) is 0 Å². The third kappa shape index (κ3) is 4.18. The number of aliphatic carboxylic acids is 1. The molecule has 6 nitrogen and oxygen atoms in total. The molecule has 0 aromatic rings. The van der Waals surface area contributed by atoms with Gasteiger partial charge in [-0.05, 0) is 31.6 Å². The lowest BCUT2D eigenvalue weighted by Crippen LogP contribution is -2.52. The zero-order valence-electron chi connectivity index (χ0n) is 10.6. The second-order valence-electron chi connectivity index (χ2n) is 5.18. The molecule has 18 heavy (non-hydrogen) atoms. The molecule has 0 aromatic carbocycles. The van der Waals surface area contributed by atoms with Crippen LogP contribution in [0, 0.1) is 5.92 Å². The van der Waals surface area contributed by atoms with Crippen LogP contribution in [0.3, 0.4) is 0 Å². The van der Waals surface area contributed by atoms with Crippen LogP contribution in [0.4, 0.5) is 4.79 Å². The van der Waals surface area contributed by atoms with Crippen LogP contribution in [0.1, 0.15) is 32.1 Å². The maximum atomic E-state index is 12.0. The lowest BCUT2D eigenvalue weighted by Gasteiger charge is -2.30. The summed E-state index contributed by atoms with van der Waals surface area (Å²) >= 11 is 0. The van der Waals surface area contributed by atoms with Crippen LogP contribution < -0.4 is 5.43 Å². The third-order valence-corrected chi connectivity index (χ3v) is 3.40. The Morgan fingerprint density at radius 2 is 1.89 bits per heavy atom. The van der Waals surface area contributed by atoms with Gasteiger partial charge in [0.2, 0.25) is 0 Å². The fraction of sp³-hybridized carbons (Fsp3) is 0.833. The van der Waals surface area contributed by atoms with Gasteiger partial charge in [-0.25, -0.2) is 9.80 Å². The molecule has 1 saturated carbocycles. The Hall–Kier alpha value is -1.30. The van der Waals surface area contributed by atoms with E-state index in [9.17, 15) is 9.59 Å². The summed E-state index contributed by atoms with van der Waals surface area (Å²) in [5.74, 6) is -0.457. The van der Waals surface area contributed by atoms with Crippen LogP contribution in [0.25, 0.3) is 0 Å². The molecule has 0 aromatic heterocycles. The van der Waals surface area contributed by atoms with Crippen LogP contribution in [-0.2, 0) is 4.79 Å². The van der Waals surface area contributed by atoms with Gasteiger partial charge in [0.15, 0.2) is 0 Å². The van der Waals surface area contributed by atoms with E-state index in [1.807, 2.05) is 5.01 Å². The summed E-state index contributed by atoms with van der Waals surface area (Å²) in [4.78, 5) is 24.2. The van der Waals surface area contributed by atoms with Crippen molar-refractivity contribution < 1.29 is 14.7 Å². The first-order valence-electron chi connectivity index (χ1n) is 6.67. The van der Waals surface area contributed by atoms with E-state index in [0.717, 1.165) is 38.8 Å². The van der Waals surface area contributed by atoms with Crippen molar-refractivity contribution in [1.82, 2.24) is 15.3 Å². The summed E-state index contributed by atoms with van der Waals surface area (Å²) in [6.45, 7) is 2.06. The summed E-state index contributed by atoms with van der Waals surface area (Å²) in [5.41, 5.74) is 2.81. The second kappa shape index (κ2) is 6.04. The van der Waals surface area contributed by atoms with E-state index in [2.05, 4.69) is 5.43 Å².